The van der Waals surface area contributed by atoms with E-state index in [9.17, 15) is 9.00 Å². The van der Waals surface area contributed by atoms with Crippen LogP contribution < -0.4 is 20.1 Å². The maximum atomic E-state index is 12.0. The van der Waals surface area contributed by atoms with Gasteiger partial charge in [0.05, 0.1) is 22.9 Å². The van der Waals surface area contributed by atoms with E-state index in [1.165, 1.54) is 19.2 Å². The molecule has 39 heavy (non-hydrogen) atoms. The quantitative estimate of drug-likeness (QED) is 0.210. The van der Waals surface area contributed by atoms with Crippen molar-refractivity contribution in [2.24, 2.45) is 5.92 Å². The van der Waals surface area contributed by atoms with E-state index in [0.717, 1.165) is 29.1 Å². The number of ether oxygens (including phenoxy) is 2. The first-order valence-corrected chi connectivity index (χ1v) is 16.0. The molecule has 0 bridgehead atoms. The standard InChI is InChI=1S/C28H32ClN5O4S/c1-39(2,36)17-26(35)30-11-13-34-12-10-24-27(34)28(32-18-31-24)33-20-8-9-25(23(29)14-20)38-22-5-3-4-21(15-22)37-16-19-6-7-19/h3-5,8-10,12,14-15,18-19,39H,6-7,11,13,16-17H2,1-2H3,(H,30,35)(H,31,32,33). The number of fused-ring (bicyclic) bond motifs is 1. The molecule has 1 fully saturated rings. The van der Waals surface area contributed by atoms with Crippen LogP contribution in [0, 0.1) is 5.92 Å². The Morgan fingerprint density at radius 3 is 2.72 bits per heavy atom. The van der Waals surface area contributed by atoms with Gasteiger partial charge in [0.1, 0.15) is 29.1 Å². The van der Waals surface area contributed by atoms with Crippen LogP contribution in [-0.2, 0) is 21.3 Å². The molecule has 5 rings (SSSR count). The third-order valence-electron chi connectivity index (χ3n) is 6.16. The van der Waals surface area contributed by atoms with Gasteiger partial charge < -0.3 is 24.7 Å². The van der Waals surface area contributed by atoms with Crippen molar-refractivity contribution in [3.63, 3.8) is 0 Å². The van der Waals surface area contributed by atoms with Crippen molar-refractivity contribution in [1.82, 2.24) is 19.9 Å². The SMILES string of the molecule is C[SH](C)(=O)CC(=O)NCCn1ccc2ncnc(Nc3ccc(Oc4cccc(OCC5CC5)c4)c(Cl)c3)c21. The summed E-state index contributed by atoms with van der Waals surface area (Å²) in [7, 11) is -2.42. The lowest BCUT2D eigenvalue weighted by atomic mass is 10.2. The fraction of sp³-hybridized carbons (Fsp3) is 0.321. The van der Waals surface area contributed by atoms with E-state index >= 15 is 0 Å². The highest BCUT2D eigenvalue weighted by Gasteiger charge is 2.22. The maximum absolute atomic E-state index is 12.0. The largest absolute Gasteiger partial charge is 0.493 e. The highest BCUT2D eigenvalue weighted by atomic mass is 35.5. The molecule has 1 amide bonds. The van der Waals surface area contributed by atoms with E-state index in [1.807, 2.05) is 47.2 Å². The van der Waals surface area contributed by atoms with Crippen molar-refractivity contribution in [2.45, 2.75) is 19.4 Å². The highest BCUT2D eigenvalue weighted by molar-refractivity contribution is 8.02. The second kappa shape index (κ2) is 11.6. The van der Waals surface area contributed by atoms with E-state index in [4.69, 9.17) is 21.1 Å². The molecule has 2 aromatic heterocycles. The van der Waals surface area contributed by atoms with E-state index < -0.39 is 9.93 Å². The molecule has 206 valence electrons. The third-order valence-corrected chi connectivity index (χ3v) is 7.50. The van der Waals surface area contributed by atoms with Crippen molar-refractivity contribution in [1.29, 1.82) is 0 Å². The van der Waals surface area contributed by atoms with Crippen LogP contribution in [-0.4, -0.2) is 56.1 Å². The number of aromatic nitrogens is 3. The lowest BCUT2D eigenvalue weighted by Crippen LogP contribution is -2.34. The minimum Gasteiger partial charge on any atom is -0.493 e. The summed E-state index contributed by atoms with van der Waals surface area (Å²) in [5, 5.41) is 6.59. The van der Waals surface area contributed by atoms with Crippen molar-refractivity contribution in [2.75, 3.05) is 36.7 Å². The molecule has 0 saturated heterocycles. The number of hydrogen-bond donors (Lipinski definition) is 3. The molecule has 0 atom stereocenters. The minimum absolute atomic E-state index is 0.0371. The first kappa shape index (κ1) is 27.0. The van der Waals surface area contributed by atoms with Gasteiger partial charge in [-0.1, -0.05) is 17.7 Å². The van der Waals surface area contributed by atoms with E-state index in [1.54, 1.807) is 24.6 Å². The fourth-order valence-electron chi connectivity index (χ4n) is 4.08. The molecule has 2 heterocycles. The topological polar surface area (TPSA) is 107 Å². The number of thiol groups is 1. The predicted octanol–water partition coefficient (Wildman–Crippen LogP) is 4.80. The Bertz CT molecular complexity index is 1530. The Labute approximate surface area is 233 Å². The number of carbonyl (C=O) groups excluding carboxylic acids is 1. The van der Waals surface area contributed by atoms with Gasteiger partial charge in [-0.15, -0.1) is 9.93 Å². The van der Waals surface area contributed by atoms with Gasteiger partial charge in [-0.05, 0) is 67.7 Å². The van der Waals surface area contributed by atoms with Crippen LogP contribution in [0.2, 0.25) is 5.02 Å². The Hall–Kier alpha value is -3.63. The minimum atomic E-state index is -2.42. The zero-order chi connectivity index (χ0) is 27.4. The fourth-order valence-corrected chi connectivity index (χ4v) is 5.10. The van der Waals surface area contributed by atoms with Crippen molar-refractivity contribution in [3.05, 3.63) is 66.1 Å². The van der Waals surface area contributed by atoms with E-state index in [2.05, 4.69) is 20.6 Å². The monoisotopic (exact) mass is 569 g/mol. The molecule has 9 nitrogen and oxygen atoms in total. The van der Waals surface area contributed by atoms with Crippen LogP contribution in [0.25, 0.3) is 11.0 Å². The molecule has 2 N–H and O–H groups in total. The van der Waals surface area contributed by atoms with Gasteiger partial charge in [0.25, 0.3) is 0 Å². The second-order valence-corrected chi connectivity index (χ2v) is 14.0. The predicted molar refractivity (Wildman–Crippen MR) is 156 cm³/mol. The third kappa shape index (κ3) is 7.48. The van der Waals surface area contributed by atoms with Crippen LogP contribution in [0.5, 0.6) is 17.2 Å². The molecular weight excluding hydrogens is 538 g/mol. The number of nitrogens with zero attached hydrogens (tertiary/aromatic N) is 3. The molecule has 4 aromatic rings. The molecule has 2 aromatic carbocycles. The molecular formula is C28H32ClN5O4S. The van der Waals surface area contributed by atoms with E-state index in [0.29, 0.717) is 41.3 Å². The van der Waals surface area contributed by atoms with Gasteiger partial charge in [-0.25, -0.2) is 9.97 Å². The normalized spacial score (nSPS) is 13.7. The molecule has 1 saturated carbocycles. The van der Waals surface area contributed by atoms with Gasteiger partial charge in [0, 0.05) is 31.0 Å². The Balaban J connectivity index is 1.25. The summed E-state index contributed by atoms with van der Waals surface area (Å²) < 4.78 is 25.7. The molecule has 0 aliphatic heterocycles. The first-order valence-electron chi connectivity index (χ1n) is 12.8. The summed E-state index contributed by atoms with van der Waals surface area (Å²) in [6, 6.07) is 14.9. The zero-order valence-electron chi connectivity index (χ0n) is 21.9. The number of halogens is 1. The average molecular weight is 570 g/mol. The van der Waals surface area contributed by atoms with Gasteiger partial charge in [-0.3, -0.25) is 9.00 Å². The van der Waals surface area contributed by atoms with Gasteiger partial charge in [0.15, 0.2) is 5.82 Å². The van der Waals surface area contributed by atoms with Crippen LogP contribution in [0.15, 0.2) is 61.1 Å². The summed E-state index contributed by atoms with van der Waals surface area (Å²) in [5.74, 6) is 3.05. The summed E-state index contributed by atoms with van der Waals surface area (Å²) in [4.78, 5) is 20.8. The Morgan fingerprint density at radius 2 is 1.95 bits per heavy atom. The van der Waals surface area contributed by atoms with Gasteiger partial charge in [-0.2, -0.15) is 0 Å². The molecule has 0 unspecified atom stereocenters. The number of carbonyl (C=O) groups is 1. The number of amides is 1. The van der Waals surface area contributed by atoms with Crippen LogP contribution in [0.4, 0.5) is 11.5 Å². The Kier molecular flexibility index (Phi) is 8.04. The van der Waals surface area contributed by atoms with Crippen molar-refractivity contribution < 1.29 is 18.5 Å². The van der Waals surface area contributed by atoms with E-state index in [-0.39, 0.29) is 11.7 Å². The summed E-state index contributed by atoms with van der Waals surface area (Å²) in [6.07, 6.45) is 9.08. The first-order chi connectivity index (χ1) is 18.7. The molecule has 0 radical (unpaired) electrons. The number of anilines is 2. The van der Waals surface area contributed by atoms with Crippen molar-refractivity contribution >= 4 is 50.0 Å². The van der Waals surface area contributed by atoms with Crippen LogP contribution in [0.3, 0.4) is 0 Å². The maximum Gasteiger partial charge on any atom is 0.230 e. The molecule has 1 aliphatic rings. The lowest BCUT2D eigenvalue weighted by Gasteiger charge is -2.14. The van der Waals surface area contributed by atoms with Crippen molar-refractivity contribution in [3.8, 4) is 17.2 Å². The highest BCUT2D eigenvalue weighted by Crippen LogP contribution is 2.35. The smallest absolute Gasteiger partial charge is 0.230 e. The lowest BCUT2D eigenvalue weighted by molar-refractivity contribution is -0.118. The Morgan fingerprint density at radius 1 is 1.13 bits per heavy atom. The molecule has 1 aliphatic carbocycles. The summed E-state index contributed by atoms with van der Waals surface area (Å²) in [6.45, 7) is 1.63. The second-order valence-electron chi connectivity index (χ2n) is 10.1. The van der Waals surface area contributed by atoms with Crippen LogP contribution >= 0.6 is 11.6 Å². The van der Waals surface area contributed by atoms with Crippen LogP contribution in [0.1, 0.15) is 12.8 Å². The number of benzene rings is 2. The molecule has 11 heteroatoms. The van der Waals surface area contributed by atoms with Gasteiger partial charge >= 0.3 is 0 Å². The summed E-state index contributed by atoms with van der Waals surface area (Å²) >= 11 is 6.57. The number of hydrogen-bond acceptors (Lipinski definition) is 7. The number of rotatable bonds is 12. The molecule has 0 spiro atoms. The zero-order valence-corrected chi connectivity index (χ0v) is 23.5. The van der Waals surface area contributed by atoms with Gasteiger partial charge in [0.2, 0.25) is 5.91 Å². The number of nitrogens with one attached hydrogen (secondary N) is 2. The average Bonchev–Trinajstić information content (AvgIpc) is 3.62. The summed E-state index contributed by atoms with van der Waals surface area (Å²) in [5.41, 5.74) is 2.29.